The van der Waals surface area contributed by atoms with Crippen LogP contribution in [0.4, 0.5) is 5.69 Å². The highest BCUT2D eigenvalue weighted by Crippen LogP contribution is 2.22. The van der Waals surface area contributed by atoms with Crippen LogP contribution in [0.2, 0.25) is 0 Å². The molecule has 1 atom stereocenters. The van der Waals surface area contributed by atoms with Crippen molar-refractivity contribution in [3.8, 4) is 5.75 Å². The number of phenolic OH excluding ortho intramolecular Hbond substituents is 1. The third kappa shape index (κ3) is 3.15. The molecule has 0 bridgehead atoms. The van der Waals surface area contributed by atoms with E-state index in [0.29, 0.717) is 11.7 Å². The van der Waals surface area contributed by atoms with Crippen LogP contribution in [0.1, 0.15) is 18.9 Å². The van der Waals surface area contributed by atoms with Crippen LogP contribution in [0, 0.1) is 0 Å². The second-order valence-electron chi connectivity index (χ2n) is 5.33. The molecule has 4 nitrogen and oxygen atoms in total. The molecule has 4 heteroatoms. The lowest BCUT2D eigenvalue weighted by Gasteiger charge is -2.28. The van der Waals surface area contributed by atoms with E-state index in [1.165, 1.54) is 18.5 Å². The summed E-state index contributed by atoms with van der Waals surface area (Å²) >= 11 is 0. The Balaban J connectivity index is 2.05. The van der Waals surface area contributed by atoms with E-state index in [1.807, 2.05) is 12.1 Å². The quantitative estimate of drug-likeness (QED) is 0.616. The molecule has 1 aliphatic rings. The fourth-order valence-electron chi connectivity index (χ4n) is 2.59. The van der Waals surface area contributed by atoms with Crippen LogP contribution in [-0.4, -0.2) is 47.6 Å². The van der Waals surface area contributed by atoms with Crippen molar-refractivity contribution < 1.29 is 5.11 Å². The van der Waals surface area contributed by atoms with Crippen molar-refractivity contribution in [2.75, 3.05) is 32.4 Å². The topological polar surface area (TPSA) is 52.7 Å². The molecular formula is C14H23N3O. The van der Waals surface area contributed by atoms with E-state index < -0.39 is 0 Å². The zero-order valence-electron chi connectivity index (χ0n) is 11.3. The molecule has 3 N–H and O–H groups in total. The summed E-state index contributed by atoms with van der Waals surface area (Å²) in [5.41, 5.74) is 7.37. The maximum absolute atomic E-state index is 9.44. The zero-order valence-corrected chi connectivity index (χ0v) is 11.3. The van der Waals surface area contributed by atoms with Crippen LogP contribution in [0.15, 0.2) is 18.2 Å². The van der Waals surface area contributed by atoms with Gasteiger partial charge in [-0.3, -0.25) is 4.90 Å². The average molecular weight is 249 g/mol. The predicted octanol–water partition coefficient (Wildman–Crippen LogP) is 1.50. The van der Waals surface area contributed by atoms with Gasteiger partial charge >= 0.3 is 0 Å². The molecule has 2 rings (SSSR count). The van der Waals surface area contributed by atoms with Gasteiger partial charge in [-0.05, 0) is 44.6 Å². The monoisotopic (exact) mass is 249 g/mol. The molecule has 18 heavy (non-hydrogen) atoms. The lowest BCUT2D eigenvalue weighted by atomic mass is 10.1. The molecule has 1 saturated heterocycles. The fraction of sp³-hybridized carbons (Fsp3) is 0.571. The van der Waals surface area contributed by atoms with Crippen LogP contribution in [-0.2, 0) is 6.54 Å². The van der Waals surface area contributed by atoms with Gasteiger partial charge in [0.05, 0.1) is 5.69 Å². The van der Waals surface area contributed by atoms with Gasteiger partial charge < -0.3 is 15.7 Å². The minimum absolute atomic E-state index is 0.169. The SMILES string of the molecule is CC1CN(C)CCCN1Cc1ccc(O)c(N)c1. The van der Waals surface area contributed by atoms with Crippen molar-refractivity contribution in [2.45, 2.75) is 25.9 Å². The number of phenols is 1. The largest absolute Gasteiger partial charge is 0.506 e. The van der Waals surface area contributed by atoms with Gasteiger partial charge in [-0.25, -0.2) is 0 Å². The van der Waals surface area contributed by atoms with Crippen LogP contribution < -0.4 is 5.73 Å². The minimum Gasteiger partial charge on any atom is -0.506 e. The first-order valence-electron chi connectivity index (χ1n) is 6.56. The van der Waals surface area contributed by atoms with Crippen molar-refractivity contribution >= 4 is 5.69 Å². The van der Waals surface area contributed by atoms with E-state index in [-0.39, 0.29) is 5.75 Å². The Morgan fingerprint density at radius 1 is 1.39 bits per heavy atom. The zero-order chi connectivity index (χ0) is 13.1. The number of rotatable bonds is 2. The van der Waals surface area contributed by atoms with Gasteiger partial charge in [0.1, 0.15) is 5.75 Å². The first-order chi connectivity index (χ1) is 8.56. The molecule has 1 fully saturated rings. The third-order valence-electron chi connectivity index (χ3n) is 3.66. The summed E-state index contributed by atoms with van der Waals surface area (Å²) < 4.78 is 0. The second-order valence-corrected chi connectivity index (χ2v) is 5.33. The maximum atomic E-state index is 9.44. The van der Waals surface area contributed by atoms with Crippen molar-refractivity contribution in [1.82, 2.24) is 9.80 Å². The van der Waals surface area contributed by atoms with Crippen LogP contribution in [0.25, 0.3) is 0 Å². The summed E-state index contributed by atoms with van der Waals surface area (Å²) in [6.45, 7) is 6.56. The Hall–Kier alpha value is -1.26. The standard InChI is InChI=1S/C14H23N3O/c1-11-9-16(2)6-3-7-17(11)10-12-4-5-14(18)13(15)8-12/h4-5,8,11,18H,3,6-7,9-10,15H2,1-2H3. The molecule has 1 aromatic rings. The molecule has 0 aromatic heterocycles. The van der Waals surface area contributed by atoms with Crippen LogP contribution in [0.3, 0.4) is 0 Å². The third-order valence-corrected chi connectivity index (χ3v) is 3.66. The van der Waals surface area contributed by atoms with E-state index in [0.717, 1.165) is 19.6 Å². The Morgan fingerprint density at radius 2 is 2.17 bits per heavy atom. The van der Waals surface area contributed by atoms with Crippen LogP contribution >= 0.6 is 0 Å². The van der Waals surface area contributed by atoms with E-state index in [1.54, 1.807) is 6.07 Å². The van der Waals surface area contributed by atoms with E-state index >= 15 is 0 Å². The molecule has 1 aromatic carbocycles. The smallest absolute Gasteiger partial charge is 0.138 e. The molecule has 0 saturated carbocycles. The van der Waals surface area contributed by atoms with Crippen molar-refractivity contribution in [3.63, 3.8) is 0 Å². The number of likely N-dealkylation sites (N-methyl/N-ethyl adjacent to an activating group) is 1. The number of aromatic hydroxyl groups is 1. The predicted molar refractivity (Wildman–Crippen MR) is 74.5 cm³/mol. The van der Waals surface area contributed by atoms with E-state index in [9.17, 15) is 5.11 Å². The number of anilines is 1. The summed E-state index contributed by atoms with van der Waals surface area (Å²) in [5.74, 6) is 0.169. The normalized spacial score (nSPS) is 22.9. The van der Waals surface area contributed by atoms with Crippen LogP contribution in [0.5, 0.6) is 5.75 Å². The summed E-state index contributed by atoms with van der Waals surface area (Å²) in [6.07, 6.45) is 1.20. The van der Waals surface area contributed by atoms with E-state index in [4.69, 9.17) is 5.73 Å². The highest BCUT2D eigenvalue weighted by Gasteiger charge is 2.19. The first-order valence-corrected chi connectivity index (χ1v) is 6.56. The van der Waals surface area contributed by atoms with E-state index in [2.05, 4.69) is 23.8 Å². The Bertz CT molecular complexity index is 408. The van der Waals surface area contributed by atoms with Gasteiger partial charge in [0.15, 0.2) is 0 Å². The Kier molecular flexibility index (Phi) is 4.09. The lowest BCUT2D eigenvalue weighted by molar-refractivity contribution is 0.194. The van der Waals surface area contributed by atoms with Gasteiger partial charge in [-0.1, -0.05) is 6.07 Å². The molecule has 0 spiro atoms. The fourth-order valence-corrected chi connectivity index (χ4v) is 2.59. The molecule has 0 amide bonds. The van der Waals surface area contributed by atoms with Crippen molar-refractivity contribution in [2.24, 2.45) is 0 Å². The summed E-state index contributed by atoms with van der Waals surface area (Å²) in [5, 5.41) is 9.44. The number of benzene rings is 1. The van der Waals surface area contributed by atoms with Gasteiger partial charge in [0.2, 0.25) is 0 Å². The lowest BCUT2D eigenvalue weighted by Crippen LogP contribution is -2.37. The summed E-state index contributed by atoms with van der Waals surface area (Å²) in [7, 11) is 2.18. The molecular weight excluding hydrogens is 226 g/mol. The molecule has 0 aliphatic carbocycles. The minimum atomic E-state index is 0.169. The Labute approximate surface area is 109 Å². The maximum Gasteiger partial charge on any atom is 0.138 e. The first kappa shape index (κ1) is 13.2. The number of hydrogen-bond acceptors (Lipinski definition) is 4. The molecule has 1 heterocycles. The van der Waals surface area contributed by atoms with Crippen molar-refractivity contribution in [3.05, 3.63) is 23.8 Å². The molecule has 1 aliphatic heterocycles. The molecule has 1 unspecified atom stereocenters. The molecule has 0 radical (unpaired) electrons. The van der Waals surface area contributed by atoms with Gasteiger partial charge in [0.25, 0.3) is 0 Å². The van der Waals surface area contributed by atoms with Gasteiger partial charge in [0, 0.05) is 25.7 Å². The highest BCUT2D eigenvalue weighted by atomic mass is 16.3. The molecule has 100 valence electrons. The van der Waals surface area contributed by atoms with Crippen molar-refractivity contribution in [1.29, 1.82) is 0 Å². The average Bonchev–Trinajstić information content (AvgIpc) is 2.46. The summed E-state index contributed by atoms with van der Waals surface area (Å²) in [4.78, 5) is 4.87. The Morgan fingerprint density at radius 3 is 2.89 bits per heavy atom. The van der Waals surface area contributed by atoms with Gasteiger partial charge in [-0.2, -0.15) is 0 Å². The number of nitrogen functional groups attached to an aromatic ring is 1. The number of nitrogens with zero attached hydrogens (tertiary/aromatic N) is 2. The second kappa shape index (κ2) is 5.59. The highest BCUT2D eigenvalue weighted by molar-refractivity contribution is 5.53. The number of nitrogens with two attached hydrogens (primary N) is 1. The summed E-state index contributed by atoms with van der Waals surface area (Å²) in [6, 6.07) is 6.05. The van der Waals surface area contributed by atoms with Gasteiger partial charge in [-0.15, -0.1) is 0 Å². The number of hydrogen-bond donors (Lipinski definition) is 2.